The standard InChI is InChI=1S/C14H11N5/c15-9-8-14-17-10-4-1-2-5-11(10)19(14)13-7-3-6-12(16)18-13/h1-7H,8H2,(H2,16,18). The molecule has 0 aliphatic carbocycles. The van der Waals surface area contributed by atoms with Crippen LogP contribution in [0.2, 0.25) is 0 Å². The summed E-state index contributed by atoms with van der Waals surface area (Å²) in [4.78, 5) is 8.77. The zero-order chi connectivity index (χ0) is 13.2. The van der Waals surface area contributed by atoms with Crippen molar-refractivity contribution in [2.45, 2.75) is 6.42 Å². The number of fused-ring (bicyclic) bond motifs is 1. The first-order chi connectivity index (χ1) is 9.29. The maximum atomic E-state index is 8.92. The van der Waals surface area contributed by atoms with Gasteiger partial charge in [0.15, 0.2) is 0 Å². The molecular weight excluding hydrogens is 238 g/mol. The first-order valence-corrected chi connectivity index (χ1v) is 5.86. The number of hydrogen-bond acceptors (Lipinski definition) is 4. The van der Waals surface area contributed by atoms with Crippen molar-refractivity contribution in [3.05, 3.63) is 48.3 Å². The molecule has 92 valence electrons. The van der Waals surface area contributed by atoms with Gasteiger partial charge in [-0.3, -0.25) is 4.57 Å². The van der Waals surface area contributed by atoms with E-state index < -0.39 is 0 Å². The summed E-state index contributed by atoms with van der Waals surface area (Å²) in [5, 5.41) is 8.92. The third-order valence-electron chi connectivity index (χ3n) is 2.85. The third kappa shape index (κ3) is 1.89. The number of anilines is 1. The fourth-order valence-electron chi connectivity index (χ4n) is 2.08. The second kappa shape index (κ2) is 4.42. The van der Waals surface area contributed by atoms with E-state index in [2.05, 4.69) is 16.0 Å². The maximum absolute atomic E-state index is 8.92. The normalized spacial score (nSPS) is 10.5. The molecule has 2 aromatic heterocycles. The number of hydrogen-bond donors (Lipinski definition) is 1. The number of benzene rings is 1. The number of rotatable bonds is 2. The zero-order valence-electron chi connectivity index (χ0n) is 10.1. The van der Waals surface area contributed by atoms with Gasteiger partial charge in [-0.2, -0.15) is 5.26 Å². The van der Waals surface area contributed by atoms with Crippen LogP contribution < -0.4 is 5.73 Å². The number of nitrogens with two attached hydrogens (primary N) is 1. The molecule has 2 N–H and O–H groups in total. The molecule has 5 heteroatoms. The number of nitrogens with zero attached hydrogens (tertiary/aromatic N) is 4. The summed E-state index contributed by atoms with van der Waals surface area (Å²) >= 11 is 0. The summed E-state index contributed by atoms with van der Waals surface area (Å²) in [7, 11) is 0. The molecule has 3 aromatic rings. The molecule has 0 saturated heterocycles. The highest BCUT2D eigenvalue weighted by Crippen LogP contribution is 2.21. The molecule has 0 saturated carbocycles. The van der Waals surface area contributed by atoms with Crippen molar-refractivity contribution < 1.29 is 0 Å². The van der Waals surface area contributed by atoms with Gasteiger partial charge in [-0.05, 0) is 24.3 Å². The molecule has 0 amide bonds. The Balaban J connectivity index is 2.31. The summed E-state index contributed by atoms with van der Waals surface area (Å²) in [6.07, 6.45) is 0.227. The molecular formula is C14H11N5. The van der Waals surface area contributed by atoms with E-state index in [4.69, 9.17) is 11.0 Å². The molecule has 0 atom stereocenters. The van der Waals surface area contributed by atoms with Gasteiger partial charge in [0.2, 0.25) is 0 Å². The molecule has 0 radical (unpaired) electrons. The van der Waals surface area contributed by atoms with E-state index >= 15 is 0 Å². The van der Waals surface area contributed by atoms with Gasteiger partial charge in [-0.25, -0.2) is 9.97 Å². The fourth-order valence-corrected chi connectivity index (χ4v) is 2.08. The van der Waals surface area contributed by atoms with E-state index in [0.29, 0.717) is 17.5 Å². The summed E-state index contributed by atoms with van der Waals surface area (Å²) in [5.41, 5.74) is 7.49. The van der Waals surface area contributed by atoms with Gasteiger partial charge in [0.25, 0.3) is 0 Å². The number of para-hydroxylation sites is 2. The number of nitrogen functional groups attached to an aromatic ring is 1. The molecule has 0 bridgehead atoms. The number of nitriles is 1. The third-order valence-corrected chi connectivity index (χ3v) is 2.85. The molecule has 0 fully saturated rings. The number of imidazole rings is 1. The van der Waals surface area contributed by atoms with E-state index in [9.17, 15) is 0 Å². The zero-order valence-corrected chi connectivity index (χ0v) is 10.1. The van der Waals surface area contributed by atoms with Crippen LogP contribution in [0.15, 0.2) is 42.5 Å². The second-order valence-corrected chi connectivity index (χ2v) is 4.11. The van der Waals surface area contributed by atoms with E-state index in [-0.39, 0.29) is 6.42 Å². The largest absolute Gasteiger partial charge is 0.384 e. The first kappa shape index (κ1) is 11.2. The Morgan fingerprint density at radius 2 is 1.95 bits per heavy atom. The summed E-state index contributed by atoms with van der Waals surface area (Å²) in [5.74, 6) is 1.79. The average Bonchev–Trinajstić information content (AvgIpc) is 2.77. The summed E-state index contributed by atoms with van der Waals surface area (Å²) in [6.45, 7) is 0. The molecule has 0 aliphatic heterocycles. The monoisotopic (exact) mass is 249 g/mol. The fraction of sp³-hybridized carbons (Fsp3) is 0.0714. The molecule has 3 rings (SSSR count). The Kier molecular flexibility index (Phi) is 2.62. The van der Waals surface area contributed by atoms with Gasteiger partial charge in [0.05, 0.1) is 23.5 Å². The Morgan fingerprint density at radius 3 is 2.74 bits per heavy atom. The van der Waals surface area contributed by atoms with Crippen molar-refractivity contribution >= 4 is 16.9 Å². The van der Waals surface area contributed by atoms with Gasteiger partial charge in [0.1, 0.15) is 17.5 Å². The second-order valence-electron chi connectivity index (χ2n) is 4.11. The number of pyridine rings is 1. The van der Waals surface area contributed by atoms with Gasteiger partial charge in [0, 0.05) is 0 Å². The summed E-state index contributed by atoms with van der Waals surface area (Å²) < 4.78 is 1.87. The average molecular weight is 249 g/mol. The lowest BCUT2D eigenvalue weighted by Gasteiger charge is -2.06. The minimum Gasteiger partial charge on any atom is -0.384 e. The van der Waals surface area contributed by atoms with Crippen LogP contribution in [0.3, 0.4) is 0 Å². The van der Waals surface area contributed by atoms with Gasteiger partial charge >= 0.3 is 0 Å². The predicted molar refractivity (Wildman–Crippen MR) is 72.6 cm³/mol. The van der Waals surface area contributed by atoms with Crippen LogP contribution in [0.4, 0.5) is 5.82 Å². The van der Waals surface area contributed by atoms with E-state index in [1.54, 1.807) is 6.07 Å². The van der Waals surface area contributed by atoms with Crippen LogP contribution in [-0.4, -0.2) is 14.5 Å². The predicted octanol–water partition coefficient (Wildman–Crippen LogP) is 2.07. The minimum atomic E-state index is 0.227. The van der Waals surface area contributed by atoms with Crippen molar-refractivity contribution in [2.24, 2.45) is 0 Å². The van der Waals surface area contributed by atoms with Crippen LogP contribution in [0.5, 0.6) is 0 Å². The topological polar surface area (TPSA) is 80.5 Å². The smallest absolute Gasteiger partial charge is 0.141 e. The highest BCUT2D eigenvalue weighted by atomic mass is 15.1. The lowest BCUT2D eigenvalue weighted by atomic mass is 10.3. The summed E-state index contributed by atoms with van der Waals surface area (Å²) in [6, 6.07) is 15.3. The van der Waals surface area contributed by atoms with Crippen LogP contribution in [0.25, 0.3) is 16.9 Å². The molecule has 19 heavy (non-hydrogen) atoms. The molecule has 2 heterocycles. The lowest BCUT2D eigenvalue weighted by molar-refractivity contribution is 0.924. The Bertz CT molecular complexity index is 782. The van der Waals surface area contributed by atoms with Crippen molar-refractivity contribution in [1.29, 1.82) is 5.26 Å². The van der Waals surface area contributed by atoms with E-state index in [0.717, 1.165) is 11.0 Å². The SMILES string of the molecule is N#CCc1nc2ccccc2n1-c1cccc(N)n1. The van der Waals surface area contributed by atoms with Gasteiger partial charge < -0.3 is 5.73 Å². The molecule has 1 aromatic carbocycles. The first-order valence-electron chi connectivity index (χ1n) is 5.86. The highest BCUT2D eigenvalue weighted by molar-refractivity contribution is 5.78. The van der Waals surface area contributed by atoms with Crippen LogP contribution in [0.1, 0.15) is 5.82 Å². The van der Waals surface area contributed by atoms with Crippen molar-refractivity contribution in [3.63, 3.8) is 0 Å². The van der Waals surface area contributed by atoms with Crippen molar-refractivity contribution in [3.8, 4) is 11.9 Å². The Hall–Kier alpha value is -2.87. The van der Waals surface area contributed by atoms with Crippen molar-refractivity contribution in [2.75, 3.05) is 5.73 Å². The van der Waals surface area contributed by atoms with E-state index in [1.165, 1.54) is 0 Å². The Morgan fingerprint density at radius 1 is 1.11 bits per heavy atom. The van der Waals surface area contributed by atoms with Crippen LogP contribution in [0, 0.1) is 11.3 Å². The minimum absolute atomic E-state index is 0.227. The van der Waals surface area contributed by atoms with E-state index in [1.807, 2.05) is 41.0 Å². The highest BCUT2D eigenvalue weighted by Gasteiger charge is 2.12. The van der Waals surface area contributed by atoms with Crippen molar-refractivity contribution in [1.82, 2.24) is 14.5 Å². The van der Waals surface area contributed by atoms with Gasteiger partial charge in [-0.15, -0.1) is 0 Å². The maximum Gasteiger partial charge on any atom is 0.141 e. The Labute approximate surface area is 109 Å². The quantitative estimate of drug-likeness (QED) is 0.753. The molecule has 0 spiro atoms. The molecule has 0 unspecified atom stereocenters. The van der Waals surface area contributed by atoms with Gasteiger partial charge in [-0.1, -0.05) is 18.2 Å². The lowest BCUT2D eigenvalue weighted by Crippen LogP contribution is -2.04. The molecule has 5 nitrogen and oxygen atoms in total. The molecule has 0 aliphatic rings. The number of aromatic nitrogens is 3. The van der Waals surface area contributed by atoms with Crippen LogP contribution >= 0.6 is 0 Å². The van der Waals surface area contributed by atoms with Crippen LogP contribution in [-0.2, 0) is 6.42 Å².